The topological polar surface area (TPSA) is 66.8 Å². The summed E-state index contributed by atoms with van der Waals surface area (Å²) in [6.07, 6.45) is 1.64. The van der Waals surface area contributed by atoms with Gasteiger partial charge in [0.1, 0.15) is 17.3 Å². The van der Waals surface area contributed by atoms with Crippen molar-refractivity contribution in [3.05, 3.63) is 99.8 Å². The Labute approximate surface area is 194 Å². The third-order valence-electron chi connectivity index (χ3n) is 5.90. The monoisotopic (exact) mass is 463 g/mol. The van der Waals surface area contributed by atoms with Crippen LogP contribution in [-0.4, -0.2) is 23.4 Å². The Hall–Kier alpha value is -3.64. The highest BCUT2D eigenvalue weighted by atomic mass is 35.5. The Morgan fingerprint density at radius 3 is 2.61 bits per heavy atom. The fraction of sp³-hybridized carbons (Fsp3) is 0.154. The molecule has 0 saturated carbocycles. The summed E-state index contributed by atoms with van der Waals surface area (Å²) in [7, 11) is 0. The van der Waals surface area contributed by atoms with Crippen LogP contribution in [0, 0.1) is 5.82 Å². The van der Waals surface area contributed by atoms with Crippen molar-refractivity contribution in [2.24, 2.45) is 0 Å². The van der Waals surface area contributed by atoms with E-state index in [9.17, 15) is 19.1 Å². The lowest BCUT2D eigenvalue weighted by Gasteiger charge is -2.25. The summed E-state index contributed by atoms with van der Waals surface area (Å²) in [5.74, 6) is -1.78. The Morgan fingerprint density at radius 1 is 1.06 bits per heavy atom. The van der Waals surface area contributed by atoms with Gasteiger partial charge in [-0.2, -0.15) is 0 Å². The van der Waals surface area contributed by atoms with Crippen LogP contribution in [0.4, 0.5) is 10.1 Å². The Kier molecular flexibility index (Phi) is 5.38. The van der Waals surface area contributed by atoms with Crippen LogP contribution in [0.1, 0.15) is 29.2 Å². The van der Waals surface area contributed by atoms with Crippen LogP contribution in [0.3, 0.4) is 0 Å². The van der Waals surface area contributed by atoms with Crippen molar-refractivity contribution in [2.75, 3.05) is 11.5 Å². The molecule has 1 N–H and O–H groups in total. The van der Waals surface area contributed by atoms with E-state index in [1.165, 1.54) is 23.1 Å². The number of carbonyl (C=O) groups is 2. The molecule has 1 amide bonds. The fourth-order valence-corrected chi connectivity index (χ4v) is 4.47. The molecule has 3 aromatic carbocycles. The highest BCUT2D eigenvalue weighted by Crippen LogP contribution is 2.43. The number of hydrogen-bond acceptors (Lipinski definition) is 4. The minimum atomic E-state index is -0.948. The first-order chi connectivity index (χ1) is 15.9. The largest absolute Gasteiger partial charge is 0.507 e. The summed E-state index contributed by atoms with van der Waals surface area (Å²) in [6, 6.07) is 16.3. The lowest BCUT2D eigenvalue weighted by molar-refractivity contribution is -0.132. The molecule has 3 aromatic rings. The minimum Gasteiger partial charge on any atom is -0.507 e. The third-order valence-corrected chi connectivity index (χ3v) is 6.15. The first-order valence-corrected chi connectivity index (χ1v) is 10.9. The number of amides is 1. The molecule has 5 rings (SSSR count). The maximum absolute atomic E-state index is 14.0. The zero-order valence-electron chi connectivity index (χ0n) is 17.4. The van der Waals surface area contributed by atoms with Gasteiger partial charge in [0.2, 0.25) is 0 Å². The van der Waals surface area contributed by atoms with E-state index < -0.39 is 23.5 Å². The number of nitrogens with zero attached hydrogens (tertiary/aromatic N) is 1. The van der Waals surface area contributed by atoms with Crippen LogP contribution in [0.25, 0.3) is 5.76 Å². The highest BCUT2D eigenvalue weighted by molar-refractivity contribution is 6.51. The number of carbonyl (C=O) groups excluding carboxylic acids is 2. The predicted molar refractivity (Wildman–Crippen MR) is 123 cm³/mol. The molecule has 0 aromatic heterocycles. The summed E-state index contributed by atoms with van der Waals surface area (Å²) >= 11 is 6.04. The second kappa shape index (κ2) is 8.37. The van der Waals surface area contributed by atoms with Gasteiger partial charge in [0.25, 0.3) is 11.7 Å². The average Bonchev–Trinajstić information content (AvgIpc) is 3.09. The van der Waals surface area contributed by atoms with Crippen LogP contribution in [0.15, 0.2) is 72.3 Å². The van der Waals surface area contributed by atoms with Crippen LogP contribution < -0.4 is 9.64 Å². The molecule has 1 atom stereocenters. The summed E-state index contributed by atoms with van der Waals surface area (Å²) in [5, 5.41) is 11.7. The Balaban J connectivity index is 1.69. The van der Waals surface area contributed by atoms with Crippen LogP contribution in [0.5, 0.6) is 5.75 Å². The second-order valence-corrected chi connectivity index (χ2v) is 8.41. The molecule has 0 aliphatic carbocycles. The second-order valence-electron chi connectivity index (χ2n) is 7.98. The van der Waals surface area contributed by atoms with Crippen LogP contribution in [0.2, 0.25) is 5.02 Å². The summed E-state index contributed by atoms with van der Waals surface area (Å²) in [4.78, 5) is 27.5. The molecule has 0 radical (unpaired) electrons. The number of ketones is 1. The van der Waals surface area contributed by atoms with E-state index in [1.54, 1.807) is 48.5 Å². The van der Waals surface area contributed by atoms with Gasteiger partial charge in [0, 0.05) is 16.3 Å². The number of aliphatic hydroxyl groups excluding tert-OH is 1. The summed E-state index contributed by atoms with van der Waals surface area (Å²) in [5.41, 5.74) is 2.05. The predicted octanol–water partition coefficient (Wildman–Crippen LogP) is 5.43. The number of anilines is 1. The van der Waals surface area contributed by atoms with Crippen molar-refractivity contribution in [3.63, 3.8) is 0 Å². The van der Waals surface area contributed by atoms with E-state index in [1.807, 2.05) is 0 Å². The molecule has 33 heavy (non-hydrogen) atoms. The van der Waals surface area contributed by atoms with E-state index in [2.05, 4.69) is 0 Å². The molecule has 7 heteroatoms. The van der Waals surface area contributed by atoms with Crippen LogP contribution in [-0.2, 0) is 16.0 Å². The van der Waals surface area contributed by atoms with E-state index >= 15 is 0 Å². The highest BCUT2D eigenvalue weighted by Gasteiger charge is 2.47. The zero-order valence-corrected chi connectivity index (χ0v) is 18.2. The number of hydrogen-bond donors (Lipinski definition) is 1. The molecule has 1 saturated heterocycles. The third kappa shape index (κ3) is 3.76. The van der Waals surface area contributed by atoms with Crippen molar-refractivity contribution in [3.8, 4) is 5.75 Å². The number of aryl methyl sites for hydroxylation is 1. The van der Waals surface area contributed by atoms with Crippen LogP contribution >= 0.6 is 11.6 Å². The number of Topliss-reactive ketones (excluding diaryl/α,β-unsaturated/α-hetero) is 1. The molecular formula is C26H19ClFNO4. The lowest BCUT2D eigenvalue weighted by Crippen LogP contribution is -2.29. The smallest absolute Gasteiger partial charge is 0.300 e. The molecule has 2 aliphatic heterocycles. The average molecular weight is 464 g/mol. The number of ether oxygens (including phenoxy) is 1. The van der Waals surface area contributed by atoms with E-state index in [0.717, 1.165) is 24.2 Å². The number of aliphatic hydroxyl groups is 1. The van der Waals surface area contributed by atoms with Crippen molar-refractivity contribution >= 4 is 34.7 Å². The number of rotatable bonds is 3. The van der Waals surface area contributed by atoms with Gasteiger partial charge in [-0.1, -0.05) is 29.8 Å². The van der Waals surface area contributed by atoms with E-state index in [0.29, 0.717) is 22.8 Å². The normalized spacial score (nSPS) is 19.3. The summed E-state index contributed by atoms with van der Waals surface area (Å²) in [6.45, 7) is 0.633. The van der Waals surface area contributed by atoms with E-state index in [-0.39, 0.29) is 17.0 Å². The summed E-state index contributed by atoms with van der Waals surface area (Å²) < 4.78 is 19.6. The molecule has 2 heterocycles. The van der Waals surface area contributed by atoms with Gasteiger partial charge in [-0.05, 0) is 72.5 Å². The molecular weight excluding hydrogens is 445 g/mol. The fourth-order valence-electron chi connectivity index (χ4n) is 4.35. The van der Waals surface area contributed by atoms with Crippen molar-refractivity contribution in [1.82, 2.24) is 0 Å². The number of benzene rings is 3. The maximum atomic E-state index is 14.0. The Bertz CT molecular complexity index is 1300. The van der Waals surface area contributed by atoms with Gasteiger partial charge in [0.05, 0.1) is 18.2 Å². The van der Waals surface area contributed by atoms with Crippen molar-refractivity contribution < 1.29 is 23.8 Å². The standard InChI is InChI=1S/C26H19ClFNO4/c27-18-9-6-15(7-10-18)23-22(24(30)17-8-11-21-16(13-17)3-2-12-33-21)25(31)26(32)29(23)20-5-1-4-19(28)14-20/h1,4-11,13-14,23,30H,2-3,12H2/b24-22-. The van der Waals surface area contributed by atoms with Crippen molar-refractivity contribution in [2.45, 2.75) is 18.9 Å². The molecule has 0 bridgehead atoms. The zero-order chi connectivity index (χ0) is 23.1. The van der Waals surface area contributed by atoms with Gasteiger partial charge in [-0.3, -0.25) is 14.5 Å². The van der Waals surface area contributed by atoms with Gasteiger partial charge in [-0.25, -0.2) is 4.39 Å². The first kappa shape index (κ1) is 21.2. The lowest BCUT2D eigenvalue weighted by atomic mass is 9.94. The molecule has 2 aliphatic rings. The van der Waals surface area contributed by atoms with Gasteiger partial charge < -0.3 is 9.84 Å². The molecule has 1 fully saturated rings. The molecule has 1 unspecified atom stereocenters. The van der Waals surface area contributed by atoms with E-state index in [4.69, 9.17) is 16.3 Å². The maximum Gasteiger partial charge on any atom is 0.300 e. The number of fused-ring (bicyclic) bond motifs is 1. The first-order valence-electron chi connectivity index (χ1n) is 10.5. The van der Waals surface area contributed by atoms with Gasteiger partial charge in [0.15, 0.2) is 0 Å². The minimum absolute atomic E-state index is 0.0664. The van der Waals surface area contributed by atoms with Crippen molar-refractivity contribution in [1.29, 1.82) is 0 Å². The van der Waals surface area contributed by atoms with Gasteiger partial charge >= 0.3 is 0 Å². The SMILES string of the molecule is O=C1C(=O)N(c2cccc(F)c2)C(c2ccc(Cl)cc2)/C1=C(/O)c1ccc2c(c1)CCCO2. The molecule has 5 nitrogen and oxygen atoms in total. The molecule has 166 valence electrons. The number of halogens is 2. The Morgan fingerprint density at radius 2 is 1.85 bits per heavy atom. The van der Waals surface area contributed by atoms with Gasteiger partial charge in [-0.15, -0.1) is 0 Å². The molecule has 0 spiro atoms. The quantitative estimate of drug-likeness (QED) is 0.319.